The average Bonchev–Trinajstić information content (AvgIpc) is 3.04. The Morgan fingerprint density at radius 1 is 0.708 bits per heavy atom. The van der Waals surface area contributed by atoms with Gasteiger partial charge in [-0.1, -0.05) is 103 Å². The van der Waals surface area contributed by atoms with Crippen LogP contribution in [0, 0.1) is 0 Å². The molecule has 0 spiro atoms. The van der Waals surface area contributed by atoms with Gasteiger partial charge in [-0.15, -0.1) is 5.10 Å². The van der Waals surface area contributed by atoms with Crippen LogP contribution in [-0.2, 0) is 6.42 Å². The van der Waals surface area contributed by atoms with Crippen molar-refractivity contribution in [2.24, 2.45) is 0 Å². The summed E-state index contributed by atoms with van der Waals surface area (Å²) in [5.41, 5.74) is 0. The Morgan fingerprint density at radius 3 is 1.88 bits per heavy atom. The van der Waals surface area contributed by atoms with Gasteiger partial charge >= 0.3 is 0 Å². The summed E-state index contributed by atoms with van der Waals surface area (Å²) in [6, 6.07) is 0. The molecule has 0 aliphatic carbocycles. The van der Waals surface area contributed by atoms with E-state index in [1.165, 1.54) is 89.9 Å². The van der Waals surface area contributed by atoms with Crippen molar-refractivity contribution in [1.29, 1.82) is 0 Å². The number of H-pyrrole nitrogens is 1. The van der Waals surface area contributed by atoms with Crippen LogP contribution >= 0.6 is 11.8 Å². The van der Waals surface area contributed by atoms with Crippen molar-refractivity contribution in [1.82, 2.24) is 15.2 Å². The predicted molar refractivity (Wildman–Crippen MR) is 107 cm³/mol. The standard InChI is InChI=1S/C20H39N3S/c1-3-5-7-9-10-11-12-13-14-16-18-24-20-21-19(22-23-20)17-15-8-6-4-2/h3-18H2,1-2H3,(H,21,22,23). The largest absolute Gasteiger partial charge is 0.262 e. The number of aromatic nitrogens is 3. The van der Waals surface area contributed by atoms with Gasteiger partial charge in [-0.2, -0.15) is 0 Å². The molecule has 0 aliphatic rings. The monoisotopic (exact) mass is 353 g/mol. The second-order valence-corrected chi connectivity index (χ2v) is 7.97. The van der Waals surface area contributed by atoms with Crippen LogP contribution in [0.1, 0.15) is 110 Å². The van der Waals surface area contributed by atoms with Gasteiger partial charge in [0, 0.05) is 12.2 Å². The lowest BCUT2D eigenvalue weighted by Gasteiger charge is -2.01. The van der Waals surface area contributed by atoms with Crippen LogP contribution in [0.25, 0.3) is 0 Å². The first-order valence-electron chi connectivity index (χ1n) is 10.4. The summed E-state index contributed by atoms with van der Waals surface area (Å²) in [5, 5.41) is 8.36. The first-order chi connectivity index (χ1) is 11.9. The summed E-state index contributed by atoms with van der Waals surface area (Å²) in [5.74, 6) is 2.22. The summed E-state index contributed by atoms with van der Waals surface area (Å²) in [7, 11) is 0. The van der Waals surface area contributed by atoms with Gasteiger partial charge in [0.2, 0.25) is 5.16 Å². The van der Waals surface area contributed by atoms with Gasteiger partial charge in [0.1, 0.15) is 5.82 Å². The molecular weight excluding hydrogens is 314 g/mol. The molecule has 0 atom stereocenters. The average molecular weight is 354 g/mol. The van der Waals surface area contributed by atoms with E-state index < -0.39 is 0 Å². The van der Waals surface area contributed by atoms with Crippen molar-refractivity contribution in [3.63, 3.8) is 0 Å². The van der Waals surface area contributed by atoms with Crippen LogP contribution in [0.5, 0.6) is 0 Å². The second kappa shape index (κ2) is 16.0. The lowest BCUT2D eigenvalue weighted by molar-refractivity contribution is 0.563. The van der Waals surface area contributed by atoms with Gasteiger partial charge in [0.25, 0.3) is 0 Å². The van der Waals surface area contributed by atoms with Crippen LogP contribution < -0.4 is 0 Å². The van der Waals surface area contributed by atoms with E-state index in [4.69, 9.17) is 0 Å². The molecule has 0 aliphatic heterocycles. The molecule has 1 aromatic heterocycles. The van der Waals surface area contributed by atoms with Crippen LogP contribution in [0.3, 0.4) is 0 Å². The Kier molecular flexibility index (Phi) is 14.3. The molecule has 1 rings (SSSR count). The van der Waals surface area contributed by atoms with Crippen molar-refractivity contribution < 1.29 is 0 Å². The zero-order chi connectivity index (χ0) is 17.3. The number of thioether (sulfide) groups is 1. The fraction of sp³-hybridized carbons (Fsp3) is 0.900. The Labute approximate surface area is 154 Å². The third-order valence-electron chi connectivity index (χ3n) is 4.51. The van der Waals surface area contributed by atoms with Gasteiger partial charge in [-0.25, -0.2) is 4.98 Å². The van der Waals surface area contributed by atoms with Crippen molar-refractivity contribution in [3.8, 4) is 0 Å². The van der Waals surface area contributed by atoms with Crippen LogP contribution in [0.15, 0.2) is 5.16 Å². The zero-order valence-electron chi connectivity index (χ0n) is 16.1. The predicted octanol–water partition coefficient (Wildman–Crippen LogP) is 6.94. The molecule has 0 fully saturated rings. The number of rotatable bonds is 17. The van der Waals surface area contributed by atoms with Gasteiger partial charge in [-0.05, 0) is 12.8 Å². The van der Waals surface area contributed by atoms with Crippen LogP contribution in [-0.4, -0.2) is 20.9 Å². The molecule has 140 valence electrons. The van der Waals surface area contributed by atoms with Gasteiger partial charge in [0.05, 0.1) is 0 Å². The SMILES string of the molecule is CCCCCCCCCCCCSc1n[nH]c(CCCCCC)n1. The molecule has 3 nitrogen and oxygen atoms in total. The minimum Gasteiger partial charge on any atom is -0.262 e. The van der Waals surface area contributed by atoms with E-state index >= 15 is 0 Å². The maximum atomic E-state index is 4.59. The Balaban J connectivity index is 1.90. The zero-order valence-corrected chi connectivity index (χ0v) is 16.9. The third kappa shape index (κ3) is 11.9. The first kappa shape index (κ1) is 21.5. The van der Waals surface area contributed by atoms with Crippen molar-refractivity contribution in [3.05, 3.63) is 5.82 Å². The lowest BCUT2D eigenvalue weighted by Crippen LogP contribution is -1.88. The number of nitrogens with zero attached hydrogens (tertiary/aromatic N) is 2. The molecule has 0 unspecified atom stereocenters. The Hall–Kier alpha value is -0.510. The third-order valence-corrected chi connectivity index (χ3v) is 5.44. The van der Waals surface area contributed by atoms with E-state index in [1.54, 1.807) is 0 Å². The molecule has 0 saturated heterocycles. The van der Waals surface area contributed by atoms with Crippen molar-refractivity contribution >= 4 is 11.8 Å². The molecule has 1 N–H and O–H groups in total. The summed E-state index contributed by atoms with van der Waals surface area (Å²) < 4.78 is 0. The van der Waals surface area contributed by atoms with Gasteiger partial charge in [-0.3, -0.25) is 5.10 Å². The molecule has 0 amide bonds. The van der Waals surface area contributed by atoms with Gasteiger partial charge in [0.15, 0.2) is 0 Å². The highest BCUT2D eigenvalue weighted by Crippen LogP contribution is 2.17. The summed E-state index contributed by atoms with van der Waals surface area (Å²) in [6.45, 7) is 4.53. The van der Waals surface area contributed by atoms with E-state index in [9.17, 15) is 0 Å². The Bertz CT molecular complexity index is 379. The highest BCUT2D eigenvalue weighted by atomic mass is 32.2. The normalized spacial score (nSPS) is 11.2. The van der Waals surface area contributed by atoms with Crippen LogP contribution in [0.4, 0.5) is 0 Å². The first-order valence-corrected chi connectivity index (χ1v) is 11.4. The molecule has 0 saturated carbocycles. The number of hydrogen-bond acceptors (Lipinski definition) is 3. The fourth-order valence-corrected chi connectivity index (χ4v) is 3.74. The smallest absolute Gasteiger partial charge is 0.208 e. The van der Waals surface area contributed by atoms with E-state index in [2.05, 4.69) is 29.0 Å². The van der Waals surface area contributed by atoms with Crippen molar-refractivity contribution in [2.75, 3.05) is 5.75 Å². The molecule has 0 bridgehead atoms. The minimum atomic E-state index is 0.941. The lowest BCUT2D eigenvalue weighted by atomic mass is 10.1. The highest BCUT2D eigenvalue weighted by Gasteiger charge is 2.03. The van der Waals surface area contributed by atoms with Crippen LogP contribution in [0.2, 0.25) is 0 Å². The molecular formula is C20H39N3S. The highest BCUT2D eigenvalue weighted by molar-refractivity contribution is 7.99. The maximum absolute atomic E-state index is 4.59. The minimum absolute atomic E-state index is 0.941. The molecule has 0 aromatic carbocycles. The summed E-state index contributed by atoms with van der Waals surface area (Å²) in [4.78, 5) is 4.59. The molecule has 1 aromatic rings. The topological polar surface area (TPSA) is 41.6 Å². The van der Waals surface area contributed by atoms with E-state index in [0.717, 1.165) is 23.2 Å². The molecule has 4 heteroatoms. The summed E-state index contributed by atoms with van der Waals surface area (Å²) in [6.07, 6.45) is 20.2. The summed E-state index contributed by atoms with van der Waals surface area (Å²) >= 11 is 1.81. The molecule has 24 heavy (non-hydrogen) atoms. The van der Waals surface area contributed by atoms with E-state index in [1.807, 2.05) is 11.8 Å². The number of aryl methyl sites for hydroxylation is 1. The van der Waals surface area contributed by atoms with Crippen molar-refractivity contribution in [2.45, 2.75) is 115 Å². The van der Waals surface area contributed by atoms with E-state index in [0.29, 0.717) is 0 Å². The number of nitrogens with one attached hydrogen (secondary N) is 1. The maximum Gasteiger partial charge on any atom is 0.208 e. The molecule has 1 heterocycles. The number of hydrogen-bond donors (Lipinski definition) is 1. The quantitative estimate of drug-likeness (QED) is 0.243. The van der Waals surface area contributed by atoms with E-state index in [-0.39, 0.29) is 0 Å². The Morgan fingerprint density at radius 2 is 1.25 bits per heavy atom. The number of unbranched alkanes of at least 4 members (excludes halogenated alkanes) is 12. The second-order valence-electron chi connectivity index (χ2n) is 6.91. The molecule has 0 radical (unpaired) electrons. The number of aromatic amines is 1. The van der Waals surface area contributed by atoms with Gasteiger partial charge < -0.3 is 0 Å². The fourth-order valence-electron chi connectivity index (χ4n) is 2.93.